The third-order valence-corrected chi connectivity index (χ3v) is 3.47. The number of halogens is 1. The van der Waals surface area contributed by atoms with Crippen molar-refractivity contribution in [2.45, 2.75) is 0 Å². The lowest BCUT2D eigenvalue weighted by molar-refractivity contribution is 0.102. The Morgan fingerprint density at radius 3 is 2.93 bits per heavy atom. The Labute approximate surface area is 98.5 Å². The van der Waals surface area contributed by atoms with Gasteiger partial charge in [-0.2, -0.15) is 5.10 Å². The topological polar surface area (TPSA) is 54.9 Å². The van der Waals surface area contributed by atoms with Gasteiger partial charge in [-0.15, -0.1) is 16.4 Å². The highest BCUT2D eigenvalue weighted by atomic mass is 79.9. The molecule has 2 aromatic rings. The Balaban J connectivity index is 2.15. The van der Waals surface area contributed by atoms with Gasteiger partial charge >= 0.3 is 0 Å². The first-order valence-corrected chi connectivity index (χ1v) is 5.76. The Hall–Kier alpha value is -1.27. The van der Waals surface area contributed by atoms with Crippen LogP contribution in [-0.2, 0) is 0 Å². The third-order valence-electron chi connectivity index (χ3n) is 1.64. The average molecular weight is 284 g/mol. The molecule has 0 unspecified atom stereocenters. The molecule has 2 aromatic heterocycles. The largest absolute Gasteiger partial charge is 0.304 e. The first-order valence-electron chi connectivity index (χ1n) is 4.09. The van der Waals surface area contributed by atoms with Gasteiger partial charge in [0.1, 0.15) is 4.88 Å². The van der Waals surface area contributed by atoms with E-state index in [9.17, 15) is 4.79 Å². The second kappa shape index (κ2) is 4.50. The molecule has 0 saturated carbocycles. The van der Waals surface area contributed by atoms with E-state index in [1.54, 1.807) is 18.3 Å². The standard InChI is InChI=1S/C9H6BrN3OS/c10-6-3-5-15-8(6)9(14)12-7-2-1-4-11-13-7/h1-5H,(H,12,13,14). The van der Waals surface area contributed by atoms with Crippen LogP contribution in [0.25, 0.3) is 0 Å². The summed E-state index contributed by atoms with van der Waals surface area (Å²) in [6.45, 7) is 0. The SMILES string of the molecule is O=C(Nc1cccnn1)c1sccc1Br. The van der Waals surface area contributed by atoms with Crippen LogP contribution in [0.3, 0.4) is 0 Å². The third kappa shape index (κ3) is 2.40. The maximum atomic E-state index is 11.7. The zero-order valence-corrected chi connectivity index (χ0v) is 9.88. The van der Waals surface area contributed by atoms with Crippen LogP contribution in [0.5, 0.6) is 0 Å². The molecule has 1 N–H and O–H groups in total. The number of carbonyl (C=O) groups is 1. The molecule has 4 nitrogen and oxygen atoms in total. The summed E-state index contributed by atoms with van der Waals surface area (Å²) in [6, 6.07) is 5.23. The number of aromatic nitrogens is 2. The molecule has 1 amide bonds. The predicted octanol–water partition coefficient (Wildman–Crippen LogP) is 2.55. The monoisotopic (exact) mass is 283 g/mol. The zero-order chi connectivity index (χ0) is 10.7. The van der Waals surface area contributed by atoms with Gasteiger partial charge in [-0.1, -0.05) is 0 Å². The van der Waals surface area contributed by atoms with Crippen LogP contribution in [0.4, 0.5) is 5.82 Å². The van der Waals surface area contributed by atoms with Crippen molar-refractivity contribution in [3.63, 3.8) is 0 Å². The van der Waals surface area contributed by atoms with Crippen molar-refractivity contribution in [1.29, 1.82) is 0 Å². The van der Waals surface area contributed by atoms with Gasteiger partial charge in [0, 0.05) is 10.7 Å². The average Bonchev–Trinajstić information content (AvgIpc) is 2.66. The Kier molecular flexibility index (Phi) is 3.08. The second-order valence-corrected chi connectivity index (χ2v) is 4.43. The van der Waals surface area contributed by atoms with E-state index in [1.165, 1.54) is 11.3 Å². The summed E-state index contributed by atoms with van der Waals surface area (Å²) in [5.74, 6) is 0.264. The van der Waals surface area contributed by atoms with Crippen LogP contribution in [0, 0.1) is 0 Å². The Morgan fingerprint density at radius 2 is 2.33 bits per heavy atom. The van der Waals surface area contributed by atoms with Crippen LogP contribution in [0.2, 0.25) is 0 Å². The van der Waals surface area contributed by atoms with Gasteiger partial charge in [-0.25, -0.2) is 0 Å². The number of rotatable bonds is 2. The maximum absolute atomic E-state index is 11.7. The van der Waals surface area contributed by atoms with E-state index in [0.717, 1.165) is 4.47 Å². The lowest BCUT2D eigenvalue weighted by atomic mass is 10.4. The lowest BCUT2D eigenvalue weighted by Crippen LogP contribution is -2.12. The summed E-state index contributed by atoms with van der Waals surface area (Å²) < 4.78 is 0.786. The van der Waals surface area contributed by atoms with E-state index < -0.39 is 0 Å². The fourth-order valence-electron chi connectivity index (χ4n) is 0.997. The first-order chi connectivity index (χ1) is 7.27. The number of nitrogens with one attached hydrogen (secondary N) is 1. The zero-order valence-electron chi connectivity index (χ0n) is 7.48. The summed E-state index contributed by atoms with van der Waals surface area (Å²) in [7, 11) is 0. The molecule has 2 rings (SSSR count). The van der Waals surface area contributed by atoms with E-state index in [-0.39, 0.29) is 5.91 Å². The van der Waals surface area contributed by atoms with E-state index in [1.807, 2.05) is 11.4 Å². The van der Waals surface area contributed by atoms with E-state index in [4.69, 9.17) is 0 Å². The van der Waals surface area contributed by atoms with Crippen molar-refractivity contribution in [1.82, 2.24) is 10.2 Å². The fraction of sp³-hybridized carbons (Fsp3) is 0. The minimum Gasteiger partial charge on any atom is -0.304 e. The normalized spacial score (nSPS) is 9.93. The number of anilines is 1. The number of thiophene rings is 1. The van der Waals surface area contributed by atoms with Crippen LogP contribution in [-0.4, -0.2) is 16.1 Å². The molecule has 0 bridgehead atoms. The molecule has 0 aliphatic rings. The molecule has 2 heterocycles. The van der Waals surface area contributed by atoms with Gasteiger partial charge in [0.25, 0.3) is 5.91 Å². The first kappa shape index (κ1) is 10.3. The van der Waals surface area contributed by atoms with Gasteiger partial charge in [0.15, 0.2) is 5.82 Å². The van der Waals surface area contributed by atoms with Crippen molar-refractivity contribution in [3.8, 4) is 0 Å². The molecule has 0 radical (unpaired) electrons. The molecule has 0 saturated heterocycles. The highest BCUT2D eigenvalue weighted by Crippen LogP contribution is 2.23. The van der Waals surface area contributed by atoms with Gasteiger partial charge in [-0.05, 0) is 39.5 Å². The van der Waals surface area contributed by atoms with E-state index in [2.05, 4.69) is 31.4 Å². The summed E-state index contributed by atoms with van der Waals surface area (Å²) in [6.07, 6.45) is 1.55. The van der Waals surface area contributed by atoms with Crippen LogP contribution >= 0.6 is 27.3 Å². The summed E-state index contributed by atoms with van der Waals surface area (Å²) >= 11 is 4.66. The lowest BCUT2D eigenvalue weighted by Gasteiger charge is -2.01. The second-order valence-electron chi connectivity index (χ2n) is 2.66. The Bertz CT molecular complexity index is 471. The highest BCUT2D eigenvalue weighted by Gasteiger charge is 2.11. The minimum absolute atomic E-state index is 0.183. The number of amides is 1. The molecule has 0 aliphatic carbocycles. The summed E-state index contributed by atoms with van der Waals surface area (Å²) in [4.78, 5) is 12.3. The van der Waals surface area contributed by atoms with Crippen LogP contribution < -0.4 is 5.32 Å². The molecule has 0 atom stereocenters. The van der Waals surface area contributed by atoms with E-state index >= 15 is 0 Å². The number of carbonyl (C=O) groups excluding carboxylic acids is 1. The van der Waals surface area contributed by atoms with Crippen molar-refractivity contribution >= 4 is 39.0 Å². The van der Waals surface area contributed by atoms with E-state index in [0.29, 0.717) is 10.7 Å². The molecule has 0 fully saturated rings. The molecular formula is C9H6BrN3OS. The molecule has 76 valence electrons. The minimum atomic E-state index is -0.183. The van der Waals surface area contributed by atoms with Crippen molar-refractivity contribution in [2.24, 2.45) is 0 Å². The molecule has 0 aliphatic heterocycles. The number of hydrogen-bond donors (Lipinski definition) is 1. The summed E-state index contributed by atoms with van der Waals surface area (Å²) in [5, 5.41) is 11.9. The van der Waals surface area contributed by atoms with Crippen molar-refractivity contribution in [3.05, 3.63) is 39.1 Å². The van der Waals surface area contributed by atoms with Crippen molar-refractivity contribution < 1.29 is 4.79 Å². The van der Waals surface area contributed by atoms with Crippen LogP contribution in [0.15, 0.2) is 34.2 Å². The number of hydrogen-bond acceptors (Lipinski definition) is 4. The van der Waals surface area contributed by atoms with Crippen molar-refractivity contribution in [2.75, 3.05) is 5.32 Å². The summed E-state index contributed by atoms with van der Waals surface area (Å²) in [5.41, 5.74) is 0. The van der Waals surface area contributed by atoms with Gasteiger partial charge < -0.3 is 5.32 Å². The molecule has 0 aromatic carbocycles. The molecule has 15 heavy (non-hydrogen) atoms. The van der Waals surface area contributed by atoms with Gasteiger partial charge in [0.2, 0.25) is 0 Å². The number of nitrogens with zero attached hydrogens (tertiary/aromatic N) is 2. The van der Waals surface area contributed by atoms with Gasteiger partial charge in [-0.3, -0.25) is 4.79 Å². The quantitative estimate of drug-likeness (QED) is 0.922. The molecular weight excluding hydrogens is 278 g/mol. The Morgan fingerprint density at radius 1 is 1.47 bits per heavy atom. The predicted molar refractivity (Wildman–Crippen MR) is 62.0 cm³/mol. The fourth-order valence-corrected chi connectivity index (χ4v) is 2.44. The smallest absolute Gasteiger partial charge is 0.268 e. The van der Waals surface area contributed by atoms with Crippen LogP contribution in [0.1, 0.15) is 9.67 Å². The molecule has 6 heteroatoms. The molecule has 0 spiro atoms. The highest BCUT2D eigenvalue weighted by molar-refractivity contribution is 9.10. The maximum Gasteiger partial charge on any atom is 0.268 e. The van der Waals surface area contributed by atoms with Gasteiger partial charge in [0.05, 0.1) is 0 Å².